The number of nitrogens with zero attached hydrogens (tertiary/aromatic N) is 2. The van der Waals surface area contributed by atoms with Crippen LogP contribution in [0.3, 0.4) is 0 Å². The SMILES string of the molecule is CC[C@@]1(O)C(=O)OCc2c1cc1n(c2=O)Cc2c-1nc1ccccc1c2/C=C/COC. The fourth-order valence-electron chi connectivity index (χ4n) is 4.51. The second kappa shape index (κ2) is 7.14. The lowest BCUT2D eigenvalue weighted by atomic mass is 9.86. The predicted molar refractivity (Wildman–Crippen MR) is 115 cm³/mol. The molecule has 0 spiro atoms. The molecule has 0 saturated heterocycles. The van der Waals surface area contributed by atoms with Gasteiger partial charge < -0.3 is 19.1 Å². The molecule has 0 unspecified atom stereocenters. The minimum absolute atomic E-state index is 0.116. The first-order valence-electron chi connectivity index (χ1n) is 10.2. The van der Waals surface area contributed by atoms with Crippen LogP contribution in [0.1, 0.15) is 35.6 Å². The molecule has 7 nitrogen and oxygen atoms in total. The highest BCUT2D eigenvalue weighted by molar-refractivity contribution is 5.93. The Labute approximate surface area is 178 Å². The van der Waals surface area contributed by atoms with Gasteiger partial charge in [-0.05, 0) is 24.1 Å². The van der Waals surface area contributed by atoms with E-state index in [1.165, 1.54) is 0 Å². The third kappa shape index (κ3) is 2.77. The molecule has 0 amide bonds. The number of pyridine rings is 2. The highest BCUT2D eigenvalue weighted by atomic mass is 16.6. The van der Waals surface area contributed by atoms with E-state index in [9.17, 15) is 14.7 Å². The van der Waals surface area contributed by atoms with Gasteiger partial charge in [-0.15, -0.1) is 0 Å². The molecular formula is C24H22N2O5. The van der Waals surface area contributed by atoms with Gasteiger partial charge in [0.25, 0.3) is 5.56 Å². The number of aliphatic hydroxyl groups is 1. The molecule has 0 aliphatic carbocycles. The summed E-state index contributed by atoms with van der Waals surface area (Å²) in [4.78, 5) is 30.5. The van der Waals surface area contributed by atoms with E-state index >= 15 is 0 Å². The van der Waals surface area contributed by atoms with Crippen LogP contribution >= 0.6 is 0 Å². The van der Waals surface area contributed by atoms with Crippen LogP contribution in [0.4, 0.5) is 0 Å². The van der Waals surface area contributed by atoms with Crippen molar-refractivity contribution in [3.05, 3.63) is 69.0 Å². The van der Waals surface area contributed by atoms with Gasteiger partial charge in [-0.2, -0.15) is 0 Å². The zero-order valence-corrected chi connectivity index (χ0v) is 17.3. The minimum Gasteiger partial charge on any atom is -0.458 e. The van der Waals surface area contributed by atoms with Gasteiger partial charge in [0.05, 0.1) is 35.6 Å². The van der Waals surface area contributed by atoms with Crippen molar-refractivity contribution in [2.24, 2.45) is 0 Å². The lowest BCUT2D eigenvalue weighted by Gasteiger charge is -2.31. The summed E-state index contributed by atoms with van der Waals surface area (Å²) in [5, 5.41) is 12.0. The van der Waals surface area contributed by atoms with Crippen LogP contribution in [-0.4, -0.2) is 34.3 Å². The molecule has 2 aliphatic rings. The summed E-state index contributed by atoms with van der Waals surface area (Å²) in [7, 11) is 1.64. The third-order valence-corrected chi connectivity index (χ3v) is 6.19. The van der Waals surface area contributed by atoms with Gasteiger partial charge in [-0.1, -0.05) is 37.3 Å². The number of fused-ring (bicyclic) bond motifs is 5. The maximum absolute atomic E-state index is 13.3. The molecule has 1 atom stereocenters. The molecule has 0 radical (unpaired) electrons. The first kappa shape index (κ1) is 19.7. The van der Waals surface area contributed by atoms with Gasteiger partial charge in [0.2, 0.25) is 0 Å². The number of hydrogen-bond acceptors (Lipinski definition) is 6. The predicted octanol–water partition coefficient (Wildman–Crippen LogP) is 2.74. The lowest BCUT2D eigenvalue weighted by Crippen LogP contribution is -2.44. The summed E-state index contributed by atoms with van der Waals surface area (Å²) in [6.45, 7) is 2.39. The number of para-hydroxylation sites is 1. The Kier molecular flexibility index (Phi) is 4.53. The van der Waals surface area contributed by atoms with Gasteiger partial charge in [0, 0.05) is 23.6 Å². The summed E-state index contributed by atoms with van der Waals surface area (Å²) >= 11 is 0. The van der Waals surface area contributed by atoms with E-state index in [0.717, 1.165) is 22.0 Å². The minimum atomic E-state index is -1.83. The van der Waals surface area contributed by atoms with Crippen molar-refractivity contribution < 1.29 is 19.4 Å². The Morgan fingerprint density at radius 3 is 2.87 bits per heavy atom. The standard InChI is InChI=1S/C24H22N2O5/c1-3-24(29)18-11-20-21-16(12-26(20)22(27)17(18)13-31-23(24)28)14(8-6-10-30-2)15-7-4-5-9-19(15)25-21/h4-9,11,29H,3,10,12-13H2,1-2H3/b8-6+/t24-/m0/s1. The largest absolute Gasteiger partial charge is 0.458 e. The molecule has 0 bridgehead atoms. The number of hydrogen-bond donors (Lipinski definition) is 1. The van der Waals surface area contributed by atoms with Gasteiger partial charge in [-0.25, -0.2) is 9.78 Å². The maximum atomic E-state index is 13.3. The van der Waals surface area contributed by atoms with Crippen LogP contribution in [0.5, 0.6) is 0 Å². The zero-order chi connectivity index (χ0) is 21.8. The number of cyclic esters (lactones) is 1. The summed E-state index contributed by atoms with van der Waals surface area (Å²) < 4.78 is 11.9. The van der Waals surface area contributed by atoms with Gasteiger partial charge in [-0.3, -0.25) is 4.79 Å². The van der Waals surface area contributed by atoms with E-state index in [-0.39, 0.29) is 18.6 Å². The van der Waals surface area contributed by atoms with Crippen molar-refractivity contribution in [3.8, 4) is 11.4 Å². The van der Waals surface area contributed by atoms with E-state index in [0.29, 0.717) is 35.7 Å². The molecule has 0 fully saturated rings. The zero-order valence-electron chi connectivity index (χ0n) is 17.3. The number of carbonyl (C=O) groups is 1. The van der Waals surface area contributed by atoms with Crippen molar-refractivity contribution in [2.75, 3.05) is 13.7 Å². The van der Waals surface area contributed by atoms with Crippen molar-refractivity contribution in [1.29, 1.82) is 0 Å². The molecule has 31 heavy (non-hydrogen) atoms. The molecule has 7 heteroatoms. The Hall–Kier alpha value is -3.29. The van der Waals surface area contributed by atoms with E-state index in [1.807, 2.05) is 36.4 Å². The number of carbonyl (C=O) groups excluding carboxylic acids is 1. The van der Waals surface area contributed by atoms with Gasteiger partial charge in [0.15, 0.2) is 5.60 Å². The van der Waals surface area contributed by atoms with Crippen LogP contribution < -0.4 is 5.56 Å². The normalized spacial score (nSPS) is 19.4. The van der Waals surface area contributed by atoms with Crippen molar-refractivity contribution in [1.82, 2.24) is 9.55 Å². The Morgan fingerprint density at radius 1 is 1.29 bits per heavy atom. The summed E-state index contributed by atoms with van der Waals surface area (Å²) in [5.41, 5.74) is 2.56. The number of rotatable bonds is 4. The Bertz CT molecular complexity index is 1320. The first-order valence-corrected chi connectivity index (χ1v) is 10.2. The van der Waals surface area contributed by atoms with Gasteiger partial charge in [0.1, 0.15) is 6.61 Å². The fourth-order valence-corrected chi connectivity index (χ4v) is 4.51. The monoisotopic (exact) mass is 418 g/mol. The van der Waals surface area contributed by atoms with E-state index in [1.54, 1.807) is 24.7 Å². The number of benzene rings is 1. The van der Waals surface area contributed by atoms with Crippen molar-refractivity contribution in [2.45, 2.75) is 32.1 Å². The molecule has 2 aromatic heterocycles. The van der Waals surface area contributed by atoms with E-state index in [4.69, 9.17) is 14.5 Å². The van der Waals surface area contributed by atoms with E-state index < -0.39 is 11.6 Å². The lowest BCUT2D eigenvalue weighted by molar-refractivity contribution is -0.172. The quantitative estimate of drug-likeness (QED) is 0.513. The van der Waals surface area contributed by atoms with E-state index in [2.05, 4.69) is 0 Å². The van der Waals surface area contributed by atoms with Crippen LogP contribution in [0.2, 0.25) is 0 Å². The molecule has 1 aromatic carbocycles. The number of ether oxygens (including phenoxy) is 2. The smallest absolute Gasteiger partial charge is 0.343 e. The van der Waals surface area contributed by atoms with Crippen LogP contribution in [0, 0.1) is 0 Å². The Morgan fingerprint density at radius 2 is 2.10 bits per heavy atom. The van der Waals surface area contributed by atoms with Crippen molar-refractivity contribution >= 4 is 22.9 Å². The van der Waals surface area contributed by atoms with Crippen LogP contribution in [-0.2, 0) is 33.0 Å². The molecule has 4 heterocycles. The second-order valence-corrected chi connectivity index (χ2v) is 7.83. The molecule has 158 valence electrons. The molecular weight excluding hydrogens is 396 g/mol. The molecule has 1 N–H and O–H groups in total. The first-order chi connectivity index (χ1) is 15.0. The molecule has 0 saturated carbocycles. The fraction of sp³-hybridized carbons (Fsp3) is 0.292. The molecule has 2 aliphatic heterocycles. The second-order valence-electron chi connectivity index (χ2n) is 7.83. The number of esters is 1. The number of aromatic nitrogens is 2. The average molecular weight is 418 g/mol. The average Bonchev–Trinajstić information content (AvgIpc) is 3.15. The number of methoxy groups -OCH3 is 1. The Balaban J connectivity index is 1.80. The summed E-state index contributed by atoms with van der Waals surface area (Å²) in [6, 6.07) is 9.56. The third-order valence-electron chi connectivity index (χ3n) is 6.19. The summed E-state index contributed by atoms with van der Waals surface area (Å²) in [6.07, 6.45) is 4.05. The van der Waals surface area contributed by atoms with Crippen LogP contribution in [0.25, 0.3) is 28.4 Å². The maximum Gasteiger partial charge on any atom is 0.343 e. The van der Waals surface area contributed by atoms with Crippen LogP contribution in [0.15, 0.2) is 41.2 Å². The molecule has 3 aromatic rings. The van der Waals surface area contributed by atoms with Crippen molar-refractivity contribution in [3.63, 3.8) is 0 Å². The summed E-state index contributed by atoms with van der Waals surface area (Å²) in [5.74, 6) is -0.722. The van der Waals surface area contributed by atoms with Gasteiger partial charge >= 0.3 is 5.97 Å². The highest BCUT2D eigenvalue weighted by Gasteiger charge is 2.45. The highest BCUT2D eigenvalue weighted by Crippen LogP contribution is 2.40. The topological polar surface area (TPSA) is 90.7 Å². The molecule has 5 rings (SSSR count).